The molecule has 4 aromatic rings. The van der Waals surface area contributed by atoms with Crippen LogP contribution in [0.2, 0.25) is 5.02 Å². The molecule has 0 saturated heterocycles. The van der Waals surface area contributed by atoms with Crippen molar-refractivity contribution < 1.29 is 0 Å². The van der Waals surface area contributed by atoms with E-state index < -0.39 is 0 Å². The van der Waals surface area contributed by atoms with Crippen LogP contribution < -0.4 is 10.4 Å². The molecule has 4 rings (SSSR count). The number of benzene rings is 2. The Bertz CT molecular complexity index is 1290. The van der Waals surface area contributed by atoms with Crippen molar-refractivity contribution in [2.45, 2.75) is 26.8 Å². The molecule has 0 unspecified atom stereocenters. The van der Waals surface area contributed by atoms with Crippen molar-refractivity contribution in [1.82, 2.24) is 13.9 Å². The lowest BCUT2D eigenvalue weighted by Crippen LogP contribution is -2.20. The fourth-order valence-electron chi connectivity index (χ4n) is 3.49. The summed E-state index contributed by atoms with van der Waals surface area (Å²) in [7, 11) is 1.89. The Balaban J connectivity index is 1.89. The van der Waals surface area contributed by atoms with Crippen LogP contribution in [0, 0.1) is 6.92 Å². The second-order valence-corrected chi connectivity index (χ2v) is 8.36. The Morgan fingerprint density at radius 3 is 2.43 bits per heavy atom. The largest absolute Gasteiger partial charge is 0.316 e. The van der Waals surface area contributed by atoms with Crippen molar-refractivity contribution in [3.05, 3.63) is 85.8 Å². The van der Waals surface area contributed by atoms with Crippen molar-refractivity contribution in [3.63, 3.8) is 0 Å². The summed E-state index contributed by atoms with van der Waals surface area (Å²) >= 11 is 7.60. The van der Waals surface area contributed by atoms with Crippen LogP contribution in [0.3, 0.4) is 0 Å². The molecule has 2 aromatic carbocycles. The minimum atomic E-state index is -0.120. The summed E-state index contributed by atoms with van der Waals surface area (Å²) in [6.07, 6.45) is 0.965. The Morgan fingerprint density at radius 1 is 1.07 bits per heavy atom. The van der Waals surface area contributed by atoms with Crippen LogP contribution in [0.1, 0.15) is 19.0 Å². The third-order valence-electron chi connectivity index (χ3n) is 5.12. The first-order valence-corrected chi connectivity index (χ1v) is 11.1. The first-order chi connectivity index (χ1) is 14.5. The molecule has 30 heavy (non-hydrogen) atoms. The van der Waals surface area contributed by atoms with Crippen LogP contribution in [-0.4, -0.2) is 13.9 Å². The average molecular weight is 439 g/mol. The molecule has 0 atom stereocenters. The topological polar surface area (TPSA) is 44.2 Å². The number of aromatic nitrogens is 3. The highest BCUT2D eigenvalue weighted by Gasteiger charge is 2.16. The molecule has 5 nitrogen and oxygen atoms in total. The molecule has 0 aliphatic rings. The van der Waals surface area contributed by atoms with E-state index in [2.05, 4.69) is 16.9 Å². The van der Waals surface area contributed by atoms with Crippen molar-refractivity contribution >= 4 is 28.6 Å². The molecule has 0 fully saturated rings. The van der Waals surface area contributed by atoms with Gasteiger partial charge >= 0.3 is 0 Å². The van der Waals surface area contributed by atoms with E-state index in [0.717, 1.165) is 40.4 Å². The Labute approximate surface area is 184 Å². The fraction of sp³-hybridized carbons (Fsp3) is 0.217. The van der Waals surface area contributed by atoms with E-state index in [9.17, 15) is 4.79 Å². The van der Waals surface area contributed by atoms with Crippen molar-refractivity contribution in [2.75, 3.05) is 0 Å². The summed E-state index contributed by atoms with van der Waals surface area (Å²) in [5.74, 6) is 0. The smallest absolute Gasteiger partial charge is 0.297 e. The van der Waals surface area contributed by atoms with Gasteiger partial charge in [0.2, 0.25) is 0 Å². The zero-order chi connectivity index (χ0) is 21.3. The minimum Gasteiger partial charge on any atom is -0.316 e. The van der Waals surface area contributed by atoms with Gasteiger partial charge in [0.05, 0.1) is 17.1 Å². The Morgan fingerprint density at radius 2 is 1.77 bits per heavy atom. The molecule has 0 N–H and O–H groups in total. The van der Waals surface area contributed by atoms with E-state index in [0.29, 0.717) is 10.7 Å². The number of thiazole rings is 1. The third-order valence-corrected chi connectivity index (χ3v) is 6.23. The number of hydrogen-bond acceptors (Lipinski definition) is 3. The molecule has 2 heterocycles. The van der Waals surface area contributed by atoms with Gasteiger partial charge in [-0.1, -0.05) is 48.9 Å². The molecule has 0 amide bonds. The van der Waals surface area contributed by atoms with Crippen molar-refractivity contribution in [3.8, 4) is 16.9 Å². The highest BCUT2D eigenvalue weighted by atomic mass is 35.5. The van der Waals surface area contributed by atoms with Crippen molar-refractivity contribution in [1.29, 1.82) is 0 Å². The van der Waals surface area contributed by atoms with Gasteiger partial charge in [0, 0.05) is 24.0 Å². The maximum Gasteiger partial charge on any atom is 0.297 e. The molecule has 7 heteroatoms. The lowest BCUT2D eigenvalue weighted by atomic mass is 10.2. The summed E-state index contributed by atoms with van der Waals surface area (Å²) in [4.78, 5) is 18.9. The van der Waals surface area contributed by atoms with Crippen LogP contribution in [0.25, 0.3) is 16.9 Å². The molecule has 0 saturated carbocycles. The number of halogens is 1. The van der Waals surface area contributed by atoms with Gasteiger partial charge in [-0.15, -0.1) is 11.3 Å². The summed E-state index contributed by atoms with van der Waals surface area (Å²) in [5.41, 5.74) is 4.16. The second-order valence-electron chi connectivity index (χ2n) is 7.08. The van der Waals surface area contributed by atoms with E-state index in [1.54, 1.807) is 16.0 Å². The monoisotopic (exact) mass is 438 g/mol. The minimum absolute atomic E-state index is 0.120. The summed E-state index contributed by atoms with van der Waals surface area (Å²) < 4.78 is 5.69. The number of rotatable bonds is 5. The van der Waals surface area contributed by atoms with Gasteiger partial charge in [-0.3, -0.25) is 9.48 Å². The molecule has 0 aliphatic carbocycles. The van der Waals surface area contributed by atoms with Crippen LogP contribution in [0.15, 0.2) is 69.8 Å². The van der Waals surface area contributed by atoms with Gasteiger partial charge in [-0.05, 0) is 43.2 Å². The second kappa shape index (κ2) is 8.50. The van der Waals surface area contributed by atoms with E-state index in [4.69, 9.17) is 16.6 Å². The van der Waals surface area contributed by atoms with Crippen LogP contribution in [-0.2, 0) is 13.6 Å². The van der Waals surface area contributed by atoms with Gasteiger partial charge in [-0.25, -0.2) is 9.67 Å². The first-order valence-electron chi connectivity index (χ1n) is 9.84. The SMILES string of the molecule is CCCn1c(-c2ccc(Cl)cc2)csc1=Nc1c(C)n(C)n(-c2ccccc2)c1=O. The maximum atomic E-state index is 13.2. The summed E-state index contributed by atoms with van der Waals surface area (Å²) in [6.45, 7) is 4.88. The molecule has 0 aliphatic heterocycles. The number of nitrogens with zero attached hydrogens (tertiary/aromatic N) is 4. The average Bonchev–Trinajstić information content (AvgIpc) is 3.24. The van der Waals surface area contributed by atoms with Gasteiger partial charge in [0.15, 0.2) is 10.5 Å². The molecular weight excluding hydrogens is 416 g/mol. The van der Waals surface area contributed by atoms with E-state index in [1.807, 2.05) is 73.3 Å². The van der Waals surface area contributed by atoms with Gasteiger partial charge in [0.1, 0.15) is 0 Å². The highest BCUT2D eigenvalue weighted by Crippen LogP contribution is 2.23. The fourth-order valence-corrected chi connectivity index (χ4v) is 4.56. The third kappa shape index (κ3) is 3.68. The van der Waals surface area contributed by atoms with Crippen LogP contribution in [0.5, 0.6) is 0 Å². The van der Waals surface area contributed by atoms with E-state index >= 15 is 0 Å². The standard InChI is InChI=1S/C23H23ClN4OS/c1-4-14-27-20(17-10-12-18(24)13-11-17)15-30-23(27)25-21-16(2)26(3)28(22(21)29)19-8-6-5-7-9-19/h5-13,15H,4,14H2,1-3H3. The normalized spacial score (nSPS) is 11.9. The Hall–Kier alpha value is -2.83. The van der Waals surface area contributed by atoms with Crippen molar-refractivity contribution in [2.24, 2.45) is 12.0 Å². The zero-order valence-corrected chi connectivity index (χ0v) is 18.7. The van der Waals surface area contributed by atoms with Gasteiger partial charge in [0.25, 0.3) is 5.56 Å². The molecule has 0 radical (unpaired) electrons. The Kier molecular flexibility index (Phi) is 5.79. The maximum absolute atomic E-state index is 13.2. The molecule has 0 bridgehead atoms. The van der Waals surface area contributed by atoms with E-state index in [1.165, 1.54) is 0 Å². The van der Waals surface area contributed by atoms with E-state index in [-0.39, 0.29) is 5.56 Å². The predicted octanol–water partition coefficient (Wildman–Crippen LogP) is 5.31. The quantitative estimate of drug-likeness (QED) is 0.416. The molecule has 0 spiro atoms. The lowest BCUT2D eigenvalue weighted by Gasteiger charge is -2.07. The summed E-state index contributed by atoms with van der Waals surface area (Å²) in [6, 6.07) is 17.4. The zero-order valence-electron chi connectivity index (χ0n) is 17.2. The van der Waals surface area contributed by atoms with Crippen LogP contribution in [0.4, 0.5) is 5.69 Å². The molecular formula is C23H23ClN4OS. The molecule has 154 valence electrons. The van der Waals surface area contributed by atoms with Gasteiger partial charge < -0.3 is 4.57 Å². The summed E-state index contributed by atoms with van der Waals surface area (Å²) in [5, 5.41) is 2.80. The van der Waals surface area contributed by atoms with Gasteiger partial charge in [-0.2, -0.15) is 0 Å². The molecule has 2 aromatic heterocycles. The highest BCUT2D eigenvalue weighted by molar-refractivity contribution is 7.07. The number of hydrogen-bond donors (Lipinski definition) is 0. The first kappa shape index (κ1) is 20.4. The lowest BCUT2D eigenvalue weighted by molar-refractivity contribution is 0.630. The van der Waals surface area contributed by atoms with Crippen LogP contribution >= 0.6 is 22.9 Å². The predicted molar refractivity (Wildman–Crippen MR) is 124 cm³/mol. The number of para-hydroxylation sites is 1.